The Kier molecular flexibility index (Phi) is 5.57. The first-order valence-corrected chi connectivity index (χ1v) is 9.81. The largest absolute Gasteiger partial charge is 0.376 e. The number of amides is 2. The van der Waals surface area contributed by atoms with Gasteiger partial charge in [0.1, 0.15) is 12.9 Å². The number of carbonyl (C=O) groups is 2. The molecule has 1 aromatic rings. The molecule has 138 valence electrons. The molecule has 1 N–H and O–H groups in total. The van der Waals surface area contributed by atoms with E-state index in [9.17, 15) is 9.59 Å². The third kappa shape index (κ3) is 3.79. The van der Waals surface area contributed by atoms with Gasteiger partial charge in [0.25, 0.3) is 0 Å². The molecule has 25 heavy (non-hydrogen) atoms. The molecular weight excluding hydrogens is 344 g/mol. The van der Waals surface area contributed by atoms with Gasteiger partial charge in [-0.25, -0.2) is 4.68 Å². The zero-order valence-corrected chi connectivity index (χ0v) is 15.4. The summed E-state index contributed by atoms with van der Waals surface area (Å²) < 4.78 is 7.29. The summed E-state index contributed by atoms with van der Waals surface area (Å²) in [5.41, 5.74) is -0.309. The Morgan fingerprint density at radius 3 is 2.96 bits per heavy atom. The molecule has 10 heteroatoms. The lowest BCUT2D eigenvalue weighted by Gasteiger charge is -2.43. The van der Waals surface area contributed by atoms with Crippen LogP contribution in [-0.2, 0) is 20.9 Å². The Hall–Kier alpha value is -1.68. The highest BCUT2D eigenvalue weighted by Gasteiger charge is 2.52. The van der Waals surface area contributed by atoms with Gasteiger partial charge in [0.2, 0.25) is 11.8 Å². The average Bonchev–Trinajstić information content (AvgIpc) is 3.22. The number of hydrogen-bond donors (Lipinski definition) is 1. The van der Waals surface area contributed by atoms with Crippen molar-refractivity contribution in [3.05, 3.63) is 6.33 Å². The topological polar surface area (TPSA) is 102 Å². The van der Waals surface area contributed by atoms with Crippen LogP contribution in [0.2, 0.25) is 0 Å². The van der Waals surface area contributed by atoms with E-state index in [0.717, 1.165) is 25.7 Å². The summed E-state index contributed by atoms with van der Waals surface area (Å²) in [6.45, 7) is 0.776. The fourth-order valence-corrected chi connectivity index (χ4v) is 4.35. The highest BCUT2D eigenvalue weighted by molar-refractivity contribution is 7.99. The third-order valence-corrected chi connectivity index (χ3v) is 5.79. The molecule has 0 spiro atoms. The normalized spacial score (nSPS) is 28.6. The minimum atomic E-state index is -0.309. The van der Waals surface area contributed by atoms with E-state index in [1.165, 1.54) is 22.8 Å². The van der Waals surface area contributed by atoms with Gasteiger partial charge in [-0.05, 0) is 42.4 Å². The van der Waals surface area contributed by atoms with Crippen LogP contribution in [0.3, 0.4) is 0 Å². The van der Waals surface area contributed by atoms with Crippen LogP contribution < -0.4 is 5.32 Å². The number of methoxy groups -OCH3 is 1. The van der Waals surface area contributed by atoms with Gasteiger partial charge in [-0.1, -0.05) is 0 Å². The van der Waals surface area contributed by atoms with Crippen molar-refractivity contribution in [2.45, 2.75) is 49.9 Å². The molecule has 9 nitrogen and oxygen atoms in total. The Morgan fingerprint density at radius 1 is 1.44 bits per heavy atom. The van der Waals surface area contributed by atoms with Crippen LogP contribution in [0.1, 0.15) is 25.7 Å². The van der Waals surface area contributed by atoms with Gasteiger partial charge in [0, 0.05) is 19.7 Å². The molecule has 3 atom stereocenters. The van der Waals surface area contributed by atoms with Gasteiger partial charge in [0.15, 0.2) is 0 Å². The van der Waals surface area contributed by atoms with Gasteiger partial charge in [0.05, 0.1) is 17.4 Å². The number of nitrogens with one attached hydrogen (secondary N) is 1. The molecule has 0 aromatic carbocycles. The number of carbonyl (C=O) groups excluding carboxylic acids is 2. The SMILES string of the molecule is CO[C@@]12CC[C@@H](NC(=O)CSC)C[C@@H]1N(C(=O)Cn1cnnn1)CC2. The van der Waals surface area contributed by atoms with Crippen molar-refractivity contribution in [3.63, 3.8) is 0 Å². The predicted molar refractivity (Wildman–Crippen MR) is 91.8 cm³/mol. The van der Waals surface area contributed by atoms with E-state index < -0.39 is 0 Å². The molecule has 3 rings (SSSR count). The second-order valence-electron chi connectivity index (χ2n) is 6.60. The van der Waals surface area contributed by atoms with Crippen LogP contribution in [-0.4, -0.2) is 80.3 Å². The summed E-state index contributed by atoms with van der Waals surface area (Å²) in [4.78, 5) is 26.5. The molecule has 1 saturated heterocycles. The van der Waals surface area contributed by atoms with Crippen LogP contribution in [0.5, 0.6) is 0 Å². The smallest absolute Gasteiger partial charge is 0.244 e. The van der Waals surface area contributed by atoms with E-state index in [2.05, 4.69) is 20.8 Å². The number of hydrogen-bond acceptors (Lipinski definition) is 7. The summed E-state index contributed by atoms with van der Waals surface area (Å²) in [6.07, 6.45) is 6.60. The lowest BCUT2D eigenvalue weighted by molar-refractivity contribution is -0.138. The fraction of sp³-hybridized carbons (Fsp3) is 0.800. The van der Waals surface area contributed by atoms with Crippen molar-refractivity contribution in [1.82, 2.24) is 30.4 Å². The predicted octanol–water partition coefficient (Wildman–Crippen LogP) is -0.309. The maximum Gasteiger partial charge on any atom is 0.244 e. The minimum absolute atomic E-state index is 0.0210. The summed E-state index contributed by atoms with van der Waals surface area (Å²) >= 11 is 1.51. The molecule has 0 bridgehead atoms. The number of aromatic nitrogens is 4. The van der Waals surface area contributed by atoms with Crippen molar-refractivity contribution < 1.29 is 14.3 Å². The molecule has 0 radical (unpaired) electrons. The zero-order valence-electron chi connectivity index (χ0n) is 14.6. The second kappa shape index (κ2) is 7.69. The highest BCUT2D eigenvalue weighted by atomic mass is 32.2. The molecule has 2 fully saturated rings. The molecule has 1 aliphatic heterocycles. The molecule has 2 aliphatic rings. The van der Waals surface area contributed by atoms with E-state index in [4.69, 9.17) is 4.74 Å². The lowest BCUT2D eigenvalue weighted by Crippen LogP contribution is -2.56. The van der Waals surface area contributed by atoms with Crippen LogP contribution in [0, 0.1) is 0 Å². The number of ether oxygens (including phenoxy) is 1. The number of likely N-dealkylation sites (tertiary alicyclic amines) is 1. The lowest BCUT2D eigenvalue weighted by atomic mass is 9.78. The number of fused-ring (bicyclic) bond motifs is 1. The molecular formula is C15H24N6O3S. The molecule has 1 saturated carbocycles. The molecule has 0 unspecified atom stereocenters. The van der Waals surface area contributed by atoms with E-state index >= 15 is 0 Å². The van der Waals surface area contributed by atoms with Crippen LogP contribution in [0.25, 0.3) is 0 Å². The van der Waals surface area contributed by atoms with Crippen LogP contribution >= 0.6 is 11.8 Å². The zero-order chi connectivity index (χ0) is 17.9. The van der Waals surface area contributed by atoms with Gasteiger partial charge < -0.3 is 15.0 Å². The number of thioether (sulfide) groups is 1. The van der Waals surface area contributed by atoms with Crippen molar-refractivity contribution in [1.29, 1.82) is 0 Å². The number of tetrazole rings is 1. The first-order chi connectivity index (χ1) is 12.1. The molecule has 1 aliphatic carbocycles. The molecule has 2 amide bonds. The summed E-state index contributed by atoms with van der Waals surface area (Å²) in [7, 11) is 1.72. The first kappa shape index (κ1) is 18.1. The monoisotopic (exact) mass is 368 g/mol. The first-order valence-electron chi connectivity index (χ1n) is 8.41. The molecule has 1 aromatic heterocycles. The number of rotatable bonds is 6. The standard InChI is InChI=1S/C15H24N6O3S/c1-24-15-4-3-11(17-13(22)9-25-2)7-12(15)21(6-5-15)14(23)8-20-10-16-18-19-20/h10-12H,3-9H2,1-2H3,(H,17,22)/t11-,12+,15-/m1/s1. The van der Waals surface area contributed by atoms with Crippen molar-refractivity contribution in [3.8, 4) is 0 Å². The quantitative estimate of drug-likeness (QED) is 0.735. The maximum absolute atomic E-state index is 12.7. The Bertz CT molecular complexity index is 612. The number of nitrogens with zero attached hydrogens (tertiary/aromatic N) is 5. The highest BCUT2D eigenvalue weighted by Crippen LogP contribution is 2.42. The Labute approximate surface area is 150 Å². The second-order valence-corrected chi connectivity index (χ2v) is 7.47. The average molecular weight is 368 g/mol. The van der Waals surface area contributed by atoms with E-state index in [0.29, 0.717) is 12.3 Å². The summed E-state index contributed by atoms with van der Waals surface area (Å²) in [5, 5.41) is 14.0. The summed E-state index contributed by atoms with van der Waals surface area (Å²) in [6, 6.07) is 0.0455. The Morgan fingerprint density at radius 2 is 2.28 bits per heavy atom. The van der Waals surface area contributed by atoms with Crippen molar-refractivity contribution >= 4 is 23.6 Å². The van der Waals surface area contributed by atoms with Gasteiger partial charge in [-0.15, -0.1) is 5.10 Å². The van der Waals surface area contributed by atoms with E-state index in [-0.39, 0.29) is 36.0 Å². The Balaban J connectivity index is 1.68. The van der Waals surface area contributed by atoms with E-state index in [1.54, 1.807) is 7.11 Å². The van der Waals surface area contributed by atoms with Crippen molar-refractivity contribution in [2.75, 3.05) is 25.7 Å². The third-order valence-electron chi connectivity index (χ3n) is 5.24. The van der Waals surface area contributed by atoms with E-state index in [1.807, 2.05) is 11.2 Å². The summed E-state index contributed by atoms with van der Waals surface area (Å²) in [5.74, 6) is 0.484. The van der Waals surface area contributed by atoms with Gasteiger partial charge in [-0.3, -0.25) is 9.59 Å². The molecule has 2 heterocycles. The van der Waals surface area contributed by atoms with Crippen molar-refractivity contribution in [2.24, 2.45) is 0 Å². The minimum Gasteiger partial charge on any atom is -0.376 e. The van der Waals surface area contributed by atoms with Crippen LogP contribution in [0.4, 0.5) is 0 Å². The fourth-order valence-electron chi connectivity index (χ4n) is 4.01. The van der Waals surface area contributed by atoms with Crippen LogP contribution in [0.15, 0.2) is 6.33 Å². The van der Waals surface area contributed by atoms with Gasteiger partial charge in [-0.2, -0.15) is 11.8 Å². The van der Waals surface area contributed by atoms with Gasteiger partial charge >= 0.3 is 0 Å². The maximum atomic E-state index is 12.7.